The van der Waals surface area contributed by atoms with Crippen molar-refractivity contribution in [2.45, 2.75) is 39.3 Å². The molecule has 0 aromatic heterocycles. The summed E-state index contributed by atoms with van der Waals surface area (Å²) < 4.78 is 5.38. The van der Waals surface area contributed by atoms with E-state index in [-0.39, 0.29) is 5.91 Å². The van der Waals surface area contributed by atoms with Crippen LogP contribution in [0, 0.1) is 0 Å². The first-order valence-corrected chi connectivity index (χ1v) is 6.80. The minimum absolute atomic E-state index is 0.00395. The Morgan fingerprint density at radius 2 is 1.95 bits per heavy atom. The summed E-state index contributed by atoms with van der Waals surface area (Å²) in [4.78, 5) is 13.7. The summed E-state index contributed by atoms with van der Waals surface area (Å²) in [7, 11) is 1.79. The van der Waals surface area contributed by atoms with Crippen LogP contribution < -0.4 is 10.5 Å². The third-order valence-electron chi connectivity index (χ3n) is 2.95. The summed E-state index contributed by atoms with van der Waals surface area (Å²) in [5.41, 5.74) is 6.91. The summed E-state index contributed by atoms with van der Waals surface area (Å²) in [6.07, 6.45) is 1.65. The quantitative estimate of drug-likeness (QED) is 0.821. The fraction of sp³-hybridized carbons (Fsp3) is 0.533. The van der Waals surface area contributed by atoms with Crippen LogP contribution in [0.15, 0.2) is 24.3 Å². The maximum absolute atomic E-state index is 12.0. The number of ether oxygens (including phenoxy) is 1. The van der Waals surface area contributed by atoms with Crippen LogP contribution in [0.3, 0.4) is 0 Å². The summed E-state index contributed by atoms with van der Waals surface area (Å²) in [5.74, 6) is 0.846. The summed E-state index contributed by atoms with van der Waals surface area (Å²) in [6.45, 7) is 5.21. The zero-order valence-corrected chi connectivity index (χ0v) is 12.1. The van der Waals surface area contributed by atoms with E-state index < -0.39 is 6.04 Å². The Morgan fingerprint density at radius 1 is 1.32 bits per heavy atom. The van der Waals surface area contributed by atoms with Crippen molar-refractivity contribution in [2.75, 3.05) is 13.7 Å². The maximum Gasteiger partial charge on any atom is 0.239 e. The molecule has 0 unspecified atom stereocenters. The van der Waals surface area contributed by atoms with Crippen molar-refractivity contribution >= 4 is 5.91 Å². The molecule has 0 saturated heterocycles. The molecular formula is C15H24N2O2. The van der Waals surface area contributed by atoms with Crippen molar-refractivity contribution < 1.29 is 9.53 Å². The van der Waals surface area contributed by atoms with Crippen LogP contribution in [-0.4, -0.2) is 30.5 Å². The lowest BCUT2D eigenvalue weighted by Crippen LogP contribution is -2.41. The Balaban J connectivity index is 2.56. The predicted octanol–water partition coefficient (Wildman–Crippen LogP) is 2.17. The van der Waals surface area contributed by atoms with E-state index in [1.54, 1.807) is 11.9 Å². The van der Waals surface area contributed by atoms with E-state index in [2.05, 4.69) is 0 Å². The number of carbonyl (C=O) groups excluding carboxylic acids is 1. The van der Waals surface area contributed by atoms with Gasteiger partial charge in [-0.15, -0.1) is 0 Å². The van der Waals surface area contributed by atoms with Gasteiger partial charge in [-0.2, -0.15) is 0 Å². The van der Waals surface area contributed by atoms with Gasteiger partial charge in [0.05, 0.1) is 12.6 Å². The standard InChI is InChI=1S/C15H24N2O2/c1-4-6-14(16)15(18)17(3)11-12-7-9-13(10-8-12)19-5-2/h7-10,14H,4-6,11,16H2,1-3H3/t14-/m1/s1. The van der Waals surface area contributed by atoms with Crippen LogP contribution >= 0.6 is 0 Å². The van der Waals surface area contributed by atoms with Crippen molar-refractivity contribution in [3.63, 3.8) is 0 Å². The molecule has 0 spiro atoms. The number of benzene rings is 1. The molecular weight excluding hydrogens is 240 g/mol. The molecule has 2 N–H and O–H groups in total. The van der Waals surface area contributed by atoms with Crippen LogP contribution in [0.5, 0.6) is 5.75 Å². The van der Waals surface area contributed by atoms with Crippen molar-refractivity contribution in [3.05, 3.63) is 29.8 Å². The number of amides is 1. The second-order valence-corrected chi connectivity index (χ2v) is 4.67. The third-order valence-corrected chi connectivity index (χ3v) is 2.95. The summed E-state index contributed by atoms with van der Waals surface area (Å²) in [6, 6.07) is 7.39. The fourth-order valence-electron chi connectivity index (χ4n) is 1.93. The molecule has 1 amide bonds. The highest BCUT2D eigenvalue weighted by molar-refractivity contribution is 5.81. The number of hydrogen-bond donors (Lipinski definition) is 1. The molecule has 106 valence electrons. The number of carbonyl (C=O) groups is 1. The molecule has 0 heterocycles. The molecule has 0 radical (unpaired) electrons. The lowest BCUT2D eigenvalue weighted by molar-refractivity contribution is -0.131. The summed E-state index contributed by atoms with van der Waals surface area (Å²) >= 11 is 0. The molecule has 19 heavy (non-hydrogen) atoms. The molecule has 1 atom stereocenters. The van der Waals surface area contributed by atoms with Gasteiger partial charge in [-0.3, -0.25) is 4.79 Å². The zero-order valence-electron chi connectivity index (χ0n) is 12.1. The number of hydrogen-bond acceptors (Lipinski definition) is 3. The number of nitrogens with zero attached hydrogens (tertiary/aromatic N) is 1. The van der Waals surface area contributed by atoms with E-state index in [0.717, 1.165) is 24.2 Å². The van der Waals surface area contributed by atoms with Crippen LogP contribution in [-0.2, 0) is 11.3 Å². The molecule has 4 heteroatoms. The second kappa shape index (κ2) is 7.79. The summed E-state index contributed by atoms with van der Waals surface area (Å²) in [5, 5.41) is 0. The van der Waals surface area contributed by atoms with Gasteiger partial charge in [0, 0.05) is 13.6 Å². The van der Waals surface area contributed by atoms with E-state index >= 15 is 0 Å². The van der Waals surface area contributed by atoms with E-state index in [1.807, 2.05) is 38.1 Å². The Morgan fingerprint density at radius 3 is 2.47 bits per heavy atom. The van der Waals surface area contributed by atoms with Crippen LogP contribution in [0.4, 0.5) is 0 Å². The molecule has 0 aliphatic heterocycles. The Bertz CT molecular complexity index is 390. The average molecular weight is 264 g/mol. The third kappa shape index (κ3) is 4.91. The van der Waals surface area contributed by atoms with E-state index in [4.69, 9.17) is 10.5 Å². The lowest BCUT2D eigenvalue weighted by Gasteiger charge is -2.21. The molecule has 1 aromatic carbocycles. The van der Waals surface area contributed by atoms with Gasteiger partial charge < -0.3 is 15.4 Å². The van der Waals surface area contributed by atoms with Crippen LogP contribution in [0.25, 0.3) is 0 Å². The van der Waals surface area contributed by atoms with E-state index in [9.17, 15) is 4.79 Å². The van der Waals surface area contributed by atoms with Gasteiger partial charge in [0.2, 0.25) is 5.91 Å². The van der Waals surface area contributed by atoms with Gasteiger partial charge in [0.25, 0.3) is 0 Å². The monoisotopic (exact) mass is 264 g/mol. The van der Waals surface area contributed by atoms with Crippen molar-refractivity contribution in [2.24, 2.45) is 5.73 Å². The SMILES string of the molecule is CCC[C@@H](N)C(=O)N(C)Cc1ccc(OCC)cc1. The zero-order chi connectivity index (χ0) is 14.3. The Hall–Kier alpha value is -1.55. The van der Waals surface area contributed by atoms with Gasteiger partial charge in [-0.05, 0) is 31.0 Å². The first kappa shape index (κ1) is 15.5. The van der Waals surface area contributed by atoms with Crippen molar-refractivity contribution in [1.29, 1.82) is 0 Å². The van der Waals surface area contributed by atoms with Gasteiger partial charge in [-0.1, -0.05) is 25.5 Å². The average Bonchev–Trinajstić information content (AvgIpc) is 2.40. The first-order valence-electron chi connectivity index (χ1n) is 6.80. The van der Waals surface area contributed by atoms with Gasteiger partial charge in [0.15, 0.2) is 0 Å². The normalized spacial score (nSPS) is 12.0. The predicted molar refractivity (Wildman–Crippen MR) is 77.0 cm³/mol. The fourth-order valence-corrected chi connectivity index (χ4v) is 1.93. The molecule has 1 rings (SSSR count). The number of likely N-dealkylation sites (N-methyl/N-ethyl adjacent to an activating group) is 1. The van der Waals surface area contributed by atoms with Crippen LogP contribution in [0.1, 0.15) is 32.3 Å². The molecule has 0 fully saturated rings. The van der Waals surface area contributed by atoms with Crippen molar-refractivity contribution in [3.8, 4) is 5.75 Å². The Kier molecular flexibility index (Phi) is 6.36. The smallest absolute Gasteiger partial charge is 0.239 e. The first-order chi connectivity index (χ1) is 9.08. The topological polar surface area (TPSA) is 55.6 Å². The van der Waals surface area contributed by atoms with E-state index in [1.165, 1.54) is 0 Å². The molecule has 1 aromatic rings. The number of nitrogens with two attached hydrogens (primary N) is 1. The van der Waals surface area contributed by atoms with Gasteiger partial charge in [0.1, 0.15) is 5.75 Å². The Labute approximate surface area is 115 Å². The highest BCUT2D eigenvalue weighted by Gasteiger charge is 2.16. The largest absolute Gasteiger partial charge is 0.494 e. The molecule has 0 bridgehead atoms. The van der Waals surface area contributed by atoms with Gasteiger partial charge >= 0.3 is 0 Å². The van der Waals surface area contributed by atoms with Crippen molar-refractivity contribution in [1.82, 2.24) is 4.90 Å². The molecule has 0 aliphatic rings. The maximum atomic E-state index is 12.0. The van der Waals surface area contributed by atoms with Gasteiger partial charge in [-0.25, -0.2) is 0 Å². The molecule has 0 saturated carbocycles. The highest BCUT2D eigenvalue weighted by Crippen LogP contribution is 2.13. The second-order valence-electron chi connectivity index (χ2n) is 4.67. The minimum Gasteiger partial charge on any atom is -0.494 e. The molecule has 0 aliphatic carbocycles. The number of rotatable bonds is 7. The van der Waals surface area contributed by atoms with Crippen LogP contribution in [0.2, 0.25) is 0 Å². The highest BCUT2D eigenvalue weighted by atomic mass is 16.5. The van der Waals surface area contributed by atoms with E-state index in [0.29, 0.717) is 13.2 Å². The lowest BCUT2D eigenvalue weighted by atomic mass is 10.1. The molecule has 4 nitrogen and oxygen atoms in total. The minimum atomic E-state index is -0.391.